The first-order valence-corrected chi connectivity index (χ1v) is 7.67. The van der Waals surface area contributed by atoms with Crippen LogP contribution in [0.2, 0.25) is 0 Å². The Balaban J connectivity index is 2.08. The van der Waals surface area contributed by atoms with Crippen molar-refractivity contribution in [3.05, 3.63) is 45.2 Å². The Labute approximate surface area is 130 Å². The molecule has 2 rings (SSSR count). The summed E-state index contributed by atoms with van der Waals surface area (Å²) in [5, 5.41) is 4.19. The molecule has 2 aromatic rings. The minimum absolute atomic E-state index is 0.0667. The van der Waals surface area contributed by atoms with E-state index in [9.17, 15) is 4.79 Å². The maximum absolute atomic E-state index is 11.9. The summed E-state index contributed by atoms with van der Waals surface area (Å²) in [5.74, 6) is -0.0667. The monoisotopic (exact) mass is 353 g/mol. The van der Waals surface area contributed by atoms with Crippen LogP contribution in [0.4, 0.5) is 10.7 Å². The fraction of sp³-hybridized carbons (Fsp3) is 0.214. The van der Waals surface area contributed by atoms with E-state index in [1.165, 1.54) is 16.2 Å². The molecule has 0 fully saturated rings. The molecule has 0 unspecified atom stereocenters. The molecular weight excluding hydrogens is 338 g/mol. The molecule has 6 heteroatoms. The van der Waals surface area contributed by atoms with Gasteiger partial charge in [-0.2, -0.15) is 0 Å². The third-order valence-corrected chi connectivity index (χ3v) is 4.31. The van der Waals surface area contributed by atoms with Gasteiger partial charge in [0.05, 0.1) is 10.7 Å². The standard InChI is InChI=1S/C14H16BrN3OS/c1-18(2)14(19)13-11(16)7-12(20-13)17-8-9-4-3-5-10(15)6-9/h3-7,17H,8,16H2,1-2H3. The van der Waals surface area contributed by atoms with Crippen LogP contribution in [0.1, 0.15) is 15.2 Å². The number of rotatable bonds is 4. The van der Waals surface area contributed by atoms with Crippen molar-refractivity contribution in [2.75, 3.05) is 25.1 Å². The molecule has 0 saturated heterocycles. The fourth-order valence-electron chi connectivity index (χ4n) is 1.70. The van der Waals surface area contributed by atoms with Gasteiger partial charge < -0.3 is 16.0 Å². The summed E-state index contributed by atoms with van der Waals surface area (Å²) in [7, 11) is 3.44. The van der Waals surface area contributed by atoms with Crippen LogP contribution < -0.4 is 11.1 Å². The Morgan fingerprint density at radius 3 is 2.80 bits per heavy atom. The molecule has 1 amide bonds. The summed E-state index contributed by atoms with van der Waals surface area (Å²) in [6.45, 7) is 0.689. The van der Waals surface area contributed by atoms with Gasteiger partial charge in [0.2, 0.25) is 0 Å². The zero-order valence-electron chi connectivity index (χ0n) is 11.3. The lowest BCUT2D eigenvalue weighted by Gasteiger charge is -2.08. The van der Waals surface area contributed by atoms with E-state index in [4.69, 9.17) is 5.73 Å². The average Bonchev–Trinajstić information content (AvgIpc) is 2.77. The summed E-state index contributed by atoms with van der Waals surface area (Å²) in [4.78, 5) is 14.0. The van der Waals surface area contributed by atoms with Crippen molar-refractivity contribution in [2.45, 2.75) is 6.54 Å². The lowest BCUT2D eigenvalue weighted by atomic mass is 10.2. The Kier molecular flexibility index (Phi) is 4.67. The second kappa shape index (κ2) is 6.28. The van der Waals surface area contributed by atoms with Gasteiger partial charge in [0.25, 0.3) is 5.91 Å². The highest BCUT2D eigenvalue weighted by atomic mass is 79.9. The molecule has 0 saturated carbocycles. The first-order chi connectivity index (χ1) is 9.47. The van der Waals surface area contributed by atoms with Gasteiger partial charge in [0, 0.05) is 25.1 Å². The summed E-state index contributed by atoms with van der Waals surface area (Å²) >= 11 is 4.82. The Bertz CT molecular complexity index is 625. The molecule has 0 radical (unpaired) electrons. The highest BCUT2D eigenvalue weighted by Gasteiger charge is 2.15. The van der Waals surface area contributed by atoms with Gasteiger partial charge in [-0.3, -0.25) is 4.79 Å². The normalized spacial score (nSPS) is 10.3. The number of nitrogens with zero attached hydrogens (tertiary/aromatic N) is 1. The number of carbonyl (C=O) groups is 1. The molecule has 1 aromatic heterocycles. The van der Waals surface area contributed by atoms with Crippen molar-refractivity contribution >= 4 is 43.9 Å². The van der Waals surface area contributed by atoms with Crippen molar-refractivity contribution in [3.8, 4) is 0 Å². The molecule has 0 atom stereocenters. The molecule has 0 aliphatic heterocycles. The molecule has 106 valence electrons. The number of hydrogen-bond acceptors (Lipinski definition) is 4. The molecule has 0 aliphatic carbocycles. The Morgan fingerprint density at radius 1 is 1.40 bits per heavy atom. The molecular formula is C14H16BrN3OS. The minimum atomic E-state index is -0.0667. The zero-order chi connectivity index (χ0) is 14.7. The van der Waals surface area contributed by atoms with Gasteiger partial charge in [-0.05, 0) is 23.8 Å². The molecule has 0 bridgehead atoms. The van der Waals surface area contributed by atoms with E-state index in [2.05, 4.69) is 27.3 Å². The molecule has 0 aliphatic rings. The van der Waals surface area contributed by atoms with Gasteiger partial charge >= 0.3 is 0 Å². The number of hydrogen-bond donors (Lipinski definition) is 2. The highest BCUT2D eigenvalue weighted by Crippen LogP contribution is 2.30. The maximum Gasteiger partial charge on any atom is 0.265 e. The number of nitrogen functional groups attached to an aromatic ring is 1. The van der Waals surface area contributed by atoms with E-state index in [1.807, 2.05) is 18.2 Å². The number of anilines is 2. The summed E-state index contributed by atoms with van der Waals surface area (Å²) in [5.41, 5.74) is 7.57. The number of nitrogens with one attached hydrogen (secondary N) is 1. The predicted octanol–water partition coefficient (Wildman–Crippen LogP) is 3.41. The van der Waals surface area contributed by atoms with E-state index in [1.54, 1.807) is 20.2 Å². The van der Waals surface area contributed by atoms with Crippen molar-refractivity contribution in [3.63, 3.8) is 0 Å². The Morgan fingerprint density at radius 2 is 2.15 bits per heavy atom. The topological polar surface area (TPSA) is 58.4 Å². The molecule has 1 aromatic carbocycles. The lowest BCUT2D eigenvalue weighted by Crippen LogP contribution is -2.21. The van der Waals surface area contributed by atoms with E-state index >= 15 is 0 Å². The van der Waals surface area contributed by atoms with Crippen LogP contribution in [0.5, 0.6) is 0 Å². The first kappa shape index (κ1) is 14.9. The van der Waals surface area contributed by atoms with Gasteiger partial charge in [0.15, 0.2) is 0 Å². The van der Waals surface area contributed by atoms with Gasteiger partial charge in [-0.25, -0.2) is 0 Å². The second-order valence-corrected chi connectivity index (χ2v) is 6.55. The fourth-order valence-corrected chi connectivity index (χ4v) is 3.14. The molecule has 1 heterocycles. The third-order valence-electron chi connectivity index (χ3n) is 2.72. The molecule has 4 nitrogen and oxygen atoms in total. The molecule has 3 N–H and O–H groups in total. The summed E-state index contributed by atoms with van der Waals surface area (Å²) < 4.78 is 1.05. The maximum atomic E-state index is 11.9. The lowest BCUT2D eigenvalue weighted by molar-refractivity contribution is 0.0833. The highest BCUT2D eigenvalue weighted by molar-refractivity contribution is 9.10. The number of carbonyl (C=O) groups excluding carboxylic acids is 1. The summed E-state index contributed by atoms with van der Waals surface area (Å²) in [6.07, 6.45) is 0. The number of amides is 1. The van der Waals surface area contributed by atoms with E-state index in [-0.39, 0.29) is 5.91 Å². The van der Waals surface area contributed by atoms with E-state index in [0.29, 0.717) is 17.1 Å². The van der Waals surface area contributed by atoms with Crippen LogP contribution in [-0.2, 0) is 6.54 Å². The SMILES string of the molecule is CN(C)C(=O)c1sc(NCc2cccc(Br)c2)cc1N. The van der Waals surface area contributed by atoms with Crippen molar-refractivity contribution in [1.29, 1.82) is 0 Å². The van der Waals surface area contributed by atoms with Crippen LogP contribution in [-0.4, -0.2) is 24.9 Å². The first-order valence-electron chi connectivity index (χ1n) is 6.06. The van der Waals surface area contributed by atoms with Gasteiger partial charge in [-0.1, -0.05) is 28.1 Å². The van der Waals surface area contributed by atoms with Crippen molar-refractivity contribution < 1.29 is 4.79 Å². The van der Waals surface area contributed by atoms with Crippen LogP contribution in [0.3, 0.4) is 0 Å². The van der Waals surface area contributed by atoms with E-state index in [0.717, 1.165) is 15.0 Å². The zero-order valence-corrected chi connectivity index (χ0v) is 13.7. The summed E-state index contributed by atoms with van der Waals surface area (Å²) in [6, 6.07) is 9.88. The van der Waals surface area contributed by atoms with Crippen molar-refractivity contribution in [2.24, 2.45) is 0 Å². The largest absolute Gasteiger partial charge is 0.397 e. The molecule has 0 spiro atoms. The number of thiophene rings is 1. The van der Waals surface area contributed by atoms with Crippen LogP contribution in [0.25, 0.3) is 0 Å². The number of nitrogens with two attached hydrogens (primary N) is 1. The second-order valence-electron chi connectivity index (χ2n) is 4.58. The van der Waals surface area contributed by atoms with E-state index < -0.39 is 0 Å². The Hall–Kier alpha value is -1.53. The smallest absolute Gasteiger partial charge is 0.265 e. The number of benzene rings is 1. The van der Waals surface area contributed by atoms with Gasteiger partial charge in [-0.15, -0.1) is 11.3 Å². The average molecular weight is 354 g/mol. The minimum Gasteiger partial charge on any atom is -0.397 e. The third kappa shape index (κ3) is 3.52. The predicted molar refractivity (Wildman–Crippen MR) is 88.2 cm³/mol. The molecule has 20 heavy (non-hydrogen) atoms. The van der Waals surface area contributed by atoms with Crippen LogP contribution in [0, 0.1) is 0 Å². The number of halogens is 1. The quantitative estimate of drug-likeness (QED) is 0.885. The van der Waals surface area contributed by atoms with Gasteiger partial charge in [0.1, 0.15) is 4.88 Å². The van der Waals surface area contributed by atoms with Crippen molar-refractivity contribution in [1.82, 2.24) is 4.90 Å². The van der Waals surface area contributed by atoms with Crippen LogP contribution >= 0.6 is 27.3 Å². The van der Waals surface area contributed by atoms with Crippen LogP contribution in [0.15, 0.2) is 34.8 Å².